The number of thioether (sulfide) groups is 1. The molecule has 1 amide bonds. The average molecular weight is 635 g/mol. The quantitative estimate of drug-likeness (QED) is 0.180. The van der Waals surface area contributed by atoms with Crippen molar-refractivity contribution < 1.29 is 17.2 Å². The molecule has 5 rings (SSSR count). The van der Waals surface area contributed by atoms with E-state index in [1.165, 1.54) is 11.8 Å². The molecular weight excluding hydrogens is 608 g/mol. The van der Waals surface area contributed by atoms with E-state index in [1.807, 2.05) is 110 Å². The summed E-state index contributed by atoms with van der Waals surface area (Å²) in [4.78, 5) is 14.8. The van der Waals surface area contributed by atoms with Crippen LogP contribution >= 0.6 is 42.2 Å². The van der Waals surface area contributed by atoms with Crippen LogP contribution in [-0.4, -0.2) is 5.91 Å². The smallest absolute Gasteiger partial charge is 0.258 e. The molecule has 0 aliphatic carbocycles. The Kier molecular flexibility index (Phi) is 10.7. The Labute approximate surface area is 262 Å². The molecule has 41 heavy (non-hydrogen) atoms. The molecule has 5 aromatic rings. The molecule has 0 saturated carbocycles. The van der Waals surface area contributed by atoms with Crippen LogP contribution in [0.25, 0.3) is 0 Å². The van der Waals surface area contributed by atoms with E-state index in [4.69, 9.17) is 23.2 Å². The van der Waals surface area contributed by atoms with Crippen molar-refractivity contribution in [2.75, 3.05) is 0 Å². The Bertz CT molecular complexity index is 1520. The zero-order valence-electron chi connectivity index (χ0n) is 22.2. The number of rotatable bonds is 8. The zero-order chi connectivity index (χ0) is 28.0. The second kappa shape index (κ2) is 14.2. The number of benzene rings is 5. The number of aryl methyl sites for hydroxylation is 1. The Hall–Kier alpha value is -3.04. The highest BCUT2D eigenvalue weighted by molar-refractivity contribution is 8.06. The molecule has 0 aliphatic rings. The fourth-order valence-electron chi connectivity index (χ4n) is 4.59. The third-order valence-electron chi connectivity index (χ3n) is 6.52. The summed E-state index contributed by atoms with van der Waals surface area (Å²) >= 11 is 14.9. The third kappa shape index (κ3) is 6.89. The second-order valence-electron chi connectivity index (χ2n) is 9.18. The molecule has 0 bridgehead atoms. The van der Waals surface area contributed by atoms with Gasteiger partial charge in [-0.15, -0.1) is 0 Å². The van der Waals surface area contributed by atoms with E-state index in [1.54, 1.807) is 0 Å². The Morgan fingerprint density at radius 3 is 1.54 bits per heavy atom. The van der Waals surface area contributed by atoms with Gasteiger partial charge >= 0.3 is 0 Å². The maximum Gasteiger partial charge on any atom is 0.258 e. The summed E-state index contributed by atoms with van der Waals surface area (Å²) in [6.07, 6.45) is 0. The molecule has 2 nitrogen and oxygen atoms in total. The lowest BCUT2D eigenvalue weighted by atomic mass is 10.1. The molecule has 206 valence electrons. The summed E-state index contributed by atoms with van der Waals surface area (Å²) < 4.78 is 0.493. The number of hydrogen-bond donors (Lipinski definition) is 1. The number of carbonyl (C=O) groups is 1. The maximum absolute atomic E-state index is 13.9. The Morgan fingerprint density at radius 2 is 1.10 bits per heavy atom. The number of carbonyl (C=O) groups excluding carboxylic acids is 1. The summed E-state index contributed by atoms with van der Waals surface area (Å²) in [6.45, 7) is 2.00. The van der Waals surface area contributed by atoms with Gasteiger partial charge < -0.3 is 12.4 Å². The maximum atomic E-state index is 13.9. The first-order valence-corrected chi connectivity index (χ1v) is 16.1. The van der Waals surface area contributed by atoms with Crippen LogP contribution in [0.2, 0.25) is 5.02 Å². The minimum Gasteiger partial charge on any atom is -1.00 e. The molecular formula is C34H27Cl3NOPS. The molecule has 0 radical (unpaired) electrons. The molecule has 7 heteroatoms. The van der Waals surface area contributed by atoms with Crippen LogP contribution in [0.3, 0.4) is 0 Å². The summed E-state index contributed by atoms with van der Waals surface area (Å²) in [6, 6.07) is 46.1. The van der Waals surface area contributed by atoms with E-state index in [9.17, 15) is 4.79 Å². The topological polar surface area (TPSA) is 29.1 Å². The number of amides is 1. The first-order chi connectivity index (χ1) is 19.5. The van der Waals surface area contributed by atoms with Crippen molar-refractivity contribution in [3.63, 3.8) is 0 Å². The lowest BCUT2D eigenvalue weighted by molar-refractivity contribution is -0.0000158. The number of nitrogens with one attached hydrogen (secondary N) is 1. The average Bonchev–Trinajstić information content (AvgIpc) is 3.00. The van der Waals surface area contributed by atoms with Gasteiger partial charge in [-0.3, -0.25) is 10.1 Å². The monoisotopic (exact) mass is 633 g/mol. The zero-order valence-corrected chi connectivity index (χ0v) is 26.2. The highest BCUT2D eigenvalue weighted by Gasteiger charge is 2.52. The summed E-state index contributed by atoms with van der Waals surface area (Å²) in [5, 5.41) is 7.24. The molecule has 0 heterocycles. The first kappa shape index (κ1) is 30.9. The van der Waals surface area contributed by atoms with E-state index in [0.717, 1.165) is 26.4 Å². The normalized spacial score (nSPS) is 11.7. The highest BCUT2D eigenvalue weighted by Crippen LogP contribution is 2.64. The van der Waals surface area contributed by atoms with Crippen molar-refractivity contribution in [3.8, 4) is 0 Å². The van der Waals surface area contributed by atoms with Gasteiger partial charge in [0.05, 0.1) is 0 Å². The second-order valence-corrected chi connectivity index (χ2v) is 14.6. The van der Waals surface area contributed by atoms with Crippen molar-refractivity contribution in [3.05, 3.63) is 165 Å². The van der Waals surface area contributed by atoms with E-state index in [0.29, 0.717) is 20.4 Å². The van der Waals surface area contributed by atoms with Gasteiger partial charge in [-0.25, -0.2) is 0 Å². The molecule has 0 fully saturated rings. The standard InChI is InChI=1S/C34H26Cl2NOPS.ClH/c1-25-17-19-26(20-18-25)33(38)37-34(32(36)40-31-23-21-27(35)22-24-31)39(28-11-5-2-6-12-28,29-13-7-3-8-14-29)30-15-9-4-10-16-30;/h2-24H,1H3;1H. The third-order valence-corrected chi connectivity index (χ3v) is 12.6. The Morgan fingerprint density at radius 1 is 0.659 bits per heavy atom. The lowest BCUT2D eigenvalue weighted by Crippen LogP contribution is -3.00. The van der Waals surface area contributed by atoms with Gasteiger partial charge in [0.25, 0.3) is 5.91 Å². The van der Waals surface area contributed by atoms with Gasteiger partial charge in [0.15, 0.2) is 7.26 Å². The van der Waals surface area contributed by atoms with Crippen molar-refractivity contribution in [1.29, 1.82) is 0 Å². The Balaban J connectivity index is 0.00000387. The molecule has 0 spiro atoms. The van der Waals surface area contributed by atoms with Gasteiger partial charge in [0.2, 0.25) is 5.44 Å². The highest BCUT2D eigenvalue weighted by atomic mass is 35.5. The van der Waals surface area contributed by atoms with Gasteiger partial charge in [0.1, 0.15) is 20.3 Å². The van der Waals surface area contributed by atoms with Crippen molar-refractivity contribution in [2.45, 2.75) is 11.8 Å². The van der Waals surface area contributed by atoms with E-state index in [-0.39, 0.29) is 18.3 Å². The van der Waals surface area contributed by atoms with Gasteiger partial charge in [-0.1, -0.05) is 107 Å². The van der Waals surface area contributed by atoms with E-state index >= 15 is 0 Å². The fourth-order valence-corrected chi connectivity index (χ4v) is 10.6. The minimum atomic E-state index is -2.68. The fraction of sp³-hybridized carbons (Fsp3) is 0.0294. The predicted molar refractivity (Wildman–Crippen MR) is 174 cm³/mol. The predicted octanol–water partition coefficient (Wildman–Crippen LogP) is 5.53. The van der Waals surface area contributed by atoms with Crippen molar-refractivity contribution >= 4 is 64.0 Å². The van der Waals surface area contributed by atoms with Crippen LogP contribution in [0.15, 0.2) is 154 Å². The lowest BCUT2D eigenvalue weighted by Gasteiger charge is -2.30. The minimum absolute atomic E-state index is 0. The first-order valence-electron chi connectivity index (χ1n) is 12.8. The van der Waals surface area contributed by atoms with E-state index < -0.39 is 7.26 Å². The molecule has 0 unspecified atom stereocenters. The summed E-state index contributed by atoms with van der Waals surface area (Å²) in [5.41, 5.74) is 2.34. The number of hydrogen-bond acceptors (Lipinski definition) is 2. The van der Waals surface area contributed by atoms with Crippen LogP contribution in [0.5, 0.6) is 0 Å². The molecule has 1 N–H and O–H groups in total. The van der Waals surface area contributed by atoms with Crippen molar-refractivity contribution in [2.24, 2.45) is 0 Å². The molecule has 5 aromatic carbocycles. The summed E-state index contributed by atoms with van der Waals surface area (Å²) in [7, 11) is -2.68. The molecule has 0 atom stereocenters. The van der Waals surface area contributed by atoms with Gasteiger partial charge in [-0.05, 0) is 79.7 Å². The van der Waals surface area contributed by atoms with Crippen molar-refractivity contribution in [1.82, 2.24) is 5.32 Å². The van der Waals surface area contributed by atoms with E-state index in [2.05, 4.69) is 41.7 Å². The number of halogens is 3. The van der Waals surface area contributed by atoms with Crippen LogP contribution in [-0.2, 0) is 0 Å². The largest absolute Gasteiger partial charge is 1.00 e. The van der Waals surface area contributed by atoms with Crippen LogP contribution < -0.4 is 33.6 Å². The molecule has 0 aromatic heterocycles. The van der Waals surface area contributed by atoms with Crippen LogP contribution in [0, 0.1) is 6.92 Å². The van der Waals surface area contributed by atoms with Crippen LogP contribution in [0.4, 0.5) is 0 Å². The van der Waals surface area contributed by atoms with Gasteiger partial charge in [-0.2, -0.15) is 0 Å². The summed E-state index contributed by atoms with van der Waals surface area (Å²) in [5.74, 6) is -0.211. The van der Waals surface area contributed by atoms with Crippen LogP contribution in [0.1, 0.15) is 15.9 Å². The molecule has 0 saturated heterocycles. The SMILES string of the molecule is Cc1ccc(C(=O)NC(=C(Cl)Sc2ccc(Cl)cc2)[P+](c2ccccc2)(c2ccccc2)c2ccccc2)cc1.[Cl-]. The van der Waals surface area contributed by atoms with Gasteiger partial charge in [0, 0.05) is 15.5 Å². The molecule has 0 aliphatic heterocycles.